The van der Waals surface area contributed by atoms with Gasteiger partial charge in [0.25, 0.3) is 0 Å². The summed E-state index contributed by atoms with van der Waals surface area (Å²) in [5, 5.41) is 7.21. The van der Waals surface area contributed by atoms with E-state index in [0.717, 1.165) is 6.42 Å². The first-order chi connectivity index (χ1) is 7.23. The molecule has 16 heavy (non-hydrogen) atoms. The van der Waals surface area contributed by atoms with Gasteiger partial charge in [-0.3, -0.25) is 5.10 Å². The van der Waals surface area contributed by atoms with E-state index in [1.54, 1.807) is 0 Å². The Morgan fingerprint density at radius 2 is 1.81 bits per heavy atom. The second-order valence-corrected chi connectivity index (χ2v) is 6.13. The minimum Gasteiger partial charge on any atom is -0.382 e. The Morgan fingerprint density at radius 3 is 2.25 bits per heavy atom. The van der Waals surface area contributed by atoms with E-state index in [0.29, 0.717) is 23.1 Å². The van der Waals surface area contributed by atoms with Gasteiger partial charge in [0.15, 0.2) is 0 Å². The topological polar surface area (TPSA) is 54.7 Å². The van der Waals surface area contributed by atoms with Crippen LogP contribution in [0, 0.1) is 11.3 Å². The van der Waals surface area contributed by atoms with Gasteiger partial charge in [0.05, 0.1) is 0 Å². The van der Waals surface area contributed by atoms with E-state index in [1.807, 2.05) is 0 Å². The van der Waals surface area contributed by atoms with Gasteiger partial charge in [-0.15, -0.1) is 0 Å². The summed E-state index contributed by atoms with van der Waals surface area (Å²) in [6.45, 7) is 13.4. The molecule has 1 aromatic heterocycles. The maximum atomic E-state index is 5.88. The van der Waals surface area contributed by atoms with Crippen molar-refractivity contribution in [2.75, 3.05) is 5.73 Å². The number of hydrogen-bond acceptors (Lipinski definition) is 2. The molecule has 0 spiro atoms. The van der Waals surface area contributed by atoms with Gasteiger partial charge in [0.2, 0.25) is 0 Å². The van der Waals surface area contributed by atoms with E-state index < -0.39 is 0 Å². The van der Waals surface area contributed by atoms with Gasteiger partial charge in [-0.25, -0.2) is 0 Å². The summed E-state index contributed by atoms with van der Waals surface area (Å²) in [6.07, 6.45) is 1.02. The smallest absolute Gasteiger partial charge is 0.148 e. The van der Waals surface area contributed by atoms with E-state index in [9.17, 15) is 0 Å². The van der Waals surface area contributed by atoms with Crippen molar-refractivity contribution in [2.45, 2.75) is 53.9 Å². The number of nitrogen functional groups attached to an aromatic ring is 1. The zero-order chi connectivity index (χ0) is 12.5. The molecular formula is C13H25N3. The predicted molar refractivity (Wildman–Crippen MR) is 69.4 cm³/mol. The summed E-state index contributed by atoms with van der Waals surface area (Å²) in [4.78, 5) is 0. The lowest BCUT2D eigenvalue weighted by Crippen LogP contribution is -2.20. The summed E-state index contributed by atoms with van der Waals surface area (Å²) in [6, 6.07) is 0. The maximum absolute atomic E-state index is 5.88. The Bertz CT molecular complexity index is 345. The zero-order valence-corrected chi connectivity index (χ0v) is 11.4. The van der Waals surface area contributed by atoms with Gasteiger partial charge in [0, 0.05) is 11.3 Å². The second kappa shape index (κ2) is 4.48. The highest BCUT2D eigenvalue weighted by atomic mass is 15.2. The highest BCUT2D eigenvalue weighted by Crippen LogP contribution is 2.31. The molecule has 1 unspecified atom stereocenters. The lowest BCUT2D eigenvalue weighted by Gasteiger charge is -2.27. The molecule has 0 aliphatic rings. The van der Waals surface area contributed by atoms with Crippen molar-refractivity contribution >= 4 is 5.82 Å². The summed E-state index contributed by atoms with van der Waals surface area (Å²) in [7, 11) is 0. The molecule has 92 valence electrons. The molecular weight excluding hydrogens is 198 g/mol. The van der Waals surface area contributed by atoms with Crippen molar-refractivity contribution in [3.05, 3.63) is 11.3 Å². The van der Waals surface area contributed by atoms with E-state index in [-0.39, 0.29) is 0 Å². The fraction of sp³-hybridized carbons (Fsp3) is 0.769. The Balaban J connectivity index is 2.90. The fourth-order valence-electron chi connectivity index (χ4n) is 1.81. The van der Waals surface area contributed by atoms with Crippen LogP contribution in [0.15, 0.2) is 0 Å². The van der Waals surface area contributed by atoms with Gasteiger partial charge in [-0.05, 0) is 23.7 Å². The van der Waals surface area contributed by atoms with E-state index in [2.05, 4.69) is 51.7 Å². The van der Waals surface area contributed by atoms with Crippen molar-refractivity contribution in [1.82, 2.24) is 10.2 Å². The Morgan fingerprint density at radius 1 is 1.25 bits per heavy atom. The van der Waals surface area contributed by atoms with Crippen LogP contribution < -0.4 is 5.73 Å². The number of rotatable bonds is 3. The minimum atomic E-state index is 0.314. The molecule has 1 heterocycles. The molecule has 0 fully saturated rings. The van der Waals surface area contributed by atoms with E-state index in [4.69, 9.17) is 5.73 Å². The van der Waals surface area contributed by atoms with E-state index in [1.165, 1.54) is 11.3 Å². The predicted octanol–water partition coefficient (Wildman–Crippen LogP) is 3.34. The monoisotopic (exact) mass is 223 g/mol. The molecule has 0 aliphatic carbocycles. The first-order valence-electron chi connectivity index (χ1n) is 6.06. The number of anilines is 1. The second-order valence-electron chi connectivity index (χ2n) is 6.13. The number of hydrogen-bond donors (Lipinski definition) is 2. The third kappa shape index (κ3) is 2.77. The summed E-state index contributed by atoms with van der Waals surface area (Å²) in [5.41, 5.74) is 8.59. The van der Waals surface area contributed by atoms with Gasteiger partial charge in [0.1, 0.15) is 5.82 Å². The molecule has 0 bridgehead atoms. The number of nitrogens with two attached hydrogens (primary N) is 1. The Kier molecular flexibility index (Phi) is 3.66. The SMILES string of the molecule is CC(C)c1c(N)n[nH]c1CC(C)C(C)(C)C. The van der Waals surface area contributed by atoms with Gasteiger partial charge >= 0.3 is 0 Å². The first kappa shape index (κ1) is 13.1. The quantitative estimate of drug-likeness (QED) is 0.825. The molecule has 1 atom stereocenters. The van der Waals surface area contributed by atoms with Crippen molar-refractivity contribution in [1.29, 1.82) is 0 Å². The highest BCUT2D eigenvalue weighted by molar-refractivity contribution is 5.44. The van der Waals surface area contributed by atoms with Crippen LogP contribution in [0.5, 0.6) is 0 Å². The number of nitrogens with zero attached hydrogens (tertiary/aromatic N) is 1. The number of aromatic nitrogens is 2. The molecule has 1 aromatic rings. The average molecular weight is 223 g/mol. The molecule has 0 radical (unpaired) electrons. The average Bonchev–Trinajstić information content (AvgIpc) is 2.45. The van der Waals surface area contributed by atoms with Crippen LogP contribution in [-0.4, -0.2) is 10.2 Å². The van der Waals surface area contributed by atoms with Crippen molar-refractivity contribution in [3.8, 4) is 0 Å². The molecule has 0 aliphatic heterocycles. The molecule has 1 rings (SSSR count). The normalized spacial score (nSPS) is 14.4. The van der Waals surface area contributed by atoms with Crippen LogP contribution in [0.2, 0.25) is 0 Å². The van der Waals surface area contributed by atoms with Gasteiger partial charge in [-0.1, -0.05) is 41.5 Å². The van der Waals surface area contributed by atoms with Crippen molar-refractivity contribution in [2.24, 2.45) is 11.3 Å². The third-order valence-corrected chi connectivity index (χ3v) is 3.48. The molecule has 0 saturated heterocycles. The maximum Gasteiger partial charge on any atom is 0.148 e. The molecule has 3 nitrogen and oxygen atoms in total. The largest absolute Gasteiger partial charge is 0.382 e. The Hall–Kier alpha value is -0.990. The summed E-state index contributed by atoms with van der Waals surface area (Å²) in [5.74, 6) is 1.69. The highest BCUT2D eigenvalue weighted by Gasteiger charge is 2.23. The molecule has 0 aromatic carbocycles. The Labute approximate surface area is 98.8 Å². The zero-order valence-electron chi connectivity index (χ0n) is 11.4. The van der Waals surface area contributed by atoms with Crippen molar-refractivity contribution in [3.63, 3.8) is 0 Å². The summed E-state index contributed by atoms with van der Waals surface area (Å²) < 4.78 is 0. The minimum absolute atomic E-state index is 0.314. The van der Waals surface area contributed by atoms with E-state index >= 15 is 0 Å². The molecule has 0 amide bonds. The standard InChI is InChI=1S/C13H25N3/c1-8(2)11-10(15-16-12(11)14)7-9(3)13(4,5)6/h8-9H,7H2,1-6H3,(H3,14,15,16). The first-order valence-corrected chi connectivity index (χ1v) is 6.06. The van der Waals surface area contributed by atoms with Crippen LogP contribution in [-0.2, 0) is 6.42 Å². The lowest BCUT2D eigenvalue weighted by atomic mass is 9.78. The molecule has 3 N–H and O–H groups in total. The van der Waals surface area contributed by atoms with Crippen LogP contribution in [0.25, 0.3) is 0 Å². The number of nitrogens with one attached hydrogen (secondary N) is 1. The van der Waals surface area contributed by atoms with Crippen LogP contribution in [0.3, 0.4) is 0 Å². The number of aromatic amines is 1. The molecule has 0 saturated carbocycles. The van der Waals surface area contributed by atoms with Gasteiger partial charge < -0.3 is 5.73 Å². The number of H-pyrrole nitrogens is 1. The summed E-state index contributed by atoms with van der Waals surface area (Å²) >= 11 is 0. The molecule has 3 heteroatoms. The van der Waals surface area contributed by atoms with Crippen LogP contribution >= 0.6 is 0 Å². The van der Waals surface area contributed by atoms with Crippen molar-refractivity contribution < 1.29 is 0 Å². The van der Waals surface area contributed by atoms with Crippen LogP contribution in [0.1, 0.15) is 58.7 Å². The van der Waals surface area contributed by atoms with Crippen LogP contribution in [0.4, 0.5) is 5.82 Å². The fourth-order valence-corrected chi connectivity index (χ4v) is 1.81. The lowest BCUT2D eigenvalue weighted by molar-refractivity contribution is 0.258. The van der Waals surface area contributed by atoms with Gasteiger partial charge in [-0.2, -0.15) is 5.10 Å². The third-order valence-electron chi connectivity index (χ3n) is 3.48.